The fourth-order valence-electron chi connectivity index (χ4n) is 1.95. The van der Waals surface area contributed by atoms with Gasteiger partial charge in [-0.3, -0.25) is 0 Å². The number of rotatable bonds is 5. The van der Waals surface area contributed by atoms with Gasteiger partial charge >= 0.3 is 18.0 Å². The second kappa shape index (κ2) is 6.66. The van der Waals surface area contributed by atoms with E-state index in [0.717, 1.165) is 0 Å². The minimum absolute atomic E-state index is 0.265. The molecule has 0 radical (unpaired) electrons. The first kappa shape index (κ1) is 18.6. The molecule has 0 fully saturated rings. The molecule has 0 N–H and O–H groups in total. The quantitative estimate of drug-likeness (QED) is 0.478. The average Bonchev–Trinajstić information content (AvgIpc) is 2.53. The van der Waals surface area contributed by atoms with E-state index in [0.29, 0.717) is 0 Å². The molecule has 0 atom stereocenters. The van der Waals surface area contributed by atoms with Crippen LogP contribution in [0.2, 0.25) is 0 Å². The molecule has 0 aliphatic heterocycles. The molecule has 0 saturated heterocycles. The van der Waals surface area contributed by atoms with Crippen LogP contribution >= 0.6 is 0 Å². The van der Waals surface area contributed by atoms with Crippen LogP contribution < -0.4 is 0 Å². The largest absolute Gasteiger partial charge is 0.460 e. The van der Waals surface area contributed by atoms with Crippen LogP contribution in [0.1, 0.15) is 0 Å². The summed E-state index contributed by atoms with van der Waals surface area (Å²) in [6, 6.07) is 15.0. The number of hydrogen-bond donors (Lipinski definition) is 0. The molecule has 130 valence electrons. The fourth-order valence-corrected chi connectivity index (χ4v) is 4.07. The second-order valence-corrected chi connectivity index (χ2v) is 6.95. The monoisotopic (exact) mass is 369 g/mol. The fraction of sp³-hybridized carbons (Fsp3) is 0.250. The smallest absolute Gasteiger partial charge is 0.194 e. The Labute approximate surface area is 136 Å². The van der Waals surface area contributed by atoms with Crippen LogP contribution in [0.25, 0.3) is 0 Å². The van der Waals surface area contributed by atoms with Gasteiger partial charge in [0.25, 0.3) is 0 Å². The molecule has 0 bridgehead atoms. The summed E-state index contributed by atoms with van der Waals surface area (Å²) in [5.74, 6) is -13.0. The van der Waals surface area contributed by atoms with E-state index in [4.69, 9.17) is 0 Å². The Bertz CT molecular complexity index is 614. The van der Waals surface area contributed by atoms with E-state index < -0.39 is 34.7 Å². The molecule has 0 unspecified atom stereocenters. The van der Waals surface area contributed by atoms with Crippen LogP contribution in [-0.2, 0) is 10.9 Å². The summed E-state index contributed by atoms with van der Waals surface area (Å²) in [7, 11) is -1.63. The van der Waals surface area contributed by atoms with Crippen molar-refractivity contribution < 1.29 is 30.7 Å². The zero-order chi connectivity index (χ0) is 18.0. The maximum Gasteiger partial charge on any atom is 0.460 e. The van der Waals surface area contributed by atoms with Crippen LogP contribution in [-0.4, -0.2) is 23.8 Å². The van der Waals surface area contributed by atoms with Crippen molar-refractivity contribution in [2.75, 3.05) is 5.75 Å². The molecule has 0 aromatic heterocycles. The number of benzene rings is 2. The van der Waals surface area contributed by atoms with Crippen molar-refractivity contribution in [1.29, 1.82) is 0 Å². The topological polar surface area (TPSA) is 0 Å². The van der Waals surface area contributed by atoms with E-state index in [1.165, 1.54) is 48.5 Å². The van der Waals surface area contributed by atoms with Gasteiger partial charge in [0.1, 0.15) is 0 Å². The predicted octanol–water partition coefficient (Wildman–Crippen LogP) is 5.56. The average molecular weight is 369 g/mol. The van der Waals surface area contributed by atoms with Gasteiger partial charge in [0.05, 0.1) is 10.9 Å². The van der Waals surface area contributed by atoms with Gasteiger partial charge < -0.3 is 0 Å². The normalized spacial score (nSPS) is 13.3. The minimum atomic E-state index is -6.32. The summed E-state index contributed by atoms with van der Waals surface area (Å²) in [6.45, 7) is 0. The molecular formula is C16H12F7S+. The summed E-state index contributed by atoms with van der Waals surface area (Å²) in [6.07, 6.45) is -6.32. The summed E-state index contributed by atoms with van der Waals surface area (Å²) in [5.41, 5.74) is 0. The highest BCUT2D eigenvalue weighted by atomic mass is 32.2. The maximum atomic E-state index is 13.9. The lowest BCUT2D eigenvalue weighted by Crippen LogP contribution is -2.55. The first-order chi connectivity index (χ1) is 11.1. The molecule has 24 heavy (non-hydrogen) atoms. The molecule has 2 rings (SSSR count). The van der Waals surface area contributed by atoms with Crippen molar-refractivity contribution in [2.45, 2.75) is 27.8 Å². The SMILES string of the molecule is FC(F)(F)C(F)(F)C(F)(F)C[S+](c1ccccc1)c1ccccc1. The molecule has 8 heteroatoms. The third kappa shape index (κ3) is 3.68. The lowest BCUT2D eigenvalue weighted by Gasteiger charge is -2.27. The first-order valence-electron chi connectivity index (χ1n) is 6.69. The summed E-state index contributed by atoms with van der Waals surface area (Å²) < 4.78 is 91.2. The second-order valence-electron chi connectivity index (χ2n) is 4.94. The molecule has 0 spiro atoms. The van der Waals surface area contributed by atoms with Crippen molar-refractivity contribution in [1.82, 2.24) is 0 Å². The molecule has 0 aliphatic carbocycles. The molecular weight excluding hydrogens is 357 g/mol. The standard InChI is InChI=1S/C16H12F7S/c17-14(18,15(19,20)16(21,22)23)11-24(12-7-3-1-4-8-12)13-9-5-2-6-10-13/h1-10H,11H2/q+1. The summed E-state index contributed by atoms with van der Waals surface area (Å²) >= 11 is 0. The van der Waals surface area contributed by atoms with Gasteiger partial charge in [-0.15, -0.1) is 0 Å². The van der Waals surface area contributed by atoms with E-state index >= 15 is 0 Å². The van der Waals surface area contributed by atoms with Gasteiger partial charge in [-0.2, -0.15) is 30.7 Å². The lowest BCUT2D eigenvalue weighted by atomic mass is 10.2. The third-order valence-corrected chi connectivity index (χ3v) is 5.53. The Hall–Kier alpha value is -1.70. The van der Waals surface area contributed by atoms with Crippen molar-refractivity contribution in [2.24, 2.45) is 0 Å². The van der Waals surface area contributed by atoms with Crippen molar-refractivity contribution in [3.05, 3.63) is 60.7 Å². The third-order valence-electron chi connectivity index (χ3n) is 3.20. The zero-order valence-electron chi connectivity index (χ0n) is 12.0. The highest BCUT2D eigenvalue weighted by Gasteiger charge is 2.75. The van der Waals surface area contributed by atoms with Crippen molar-refractivity contribution >= 4 is 10.9 Å². The Morgan fingerprint density at radius 2 is 1.00 bits per heavy atom. The predicted molar refractivity (Wildman–Crippen MR) is 77.6 cm³/mol. The van der Waals surface area contributed by atoms with Gasteiger partial charge in [-0.1, -0.05) is 36.4 Å². The minimum Gasteiger partial charge on any atom is -0.194 e. The molecule has 0 aliphatic rings. The Morgan fingerprint density at radius 1 is 0.625 bits per heavy atom. The van der Waals surface area contributed by atoms with Gasteiger partial charge in [-0.05, 0) is 24.3 Å². The highest BCUT2D eigenvalue weighted by Crippen LogP contribution is 2.48. The van der Waals surface area contributed by atoms with Gasteiger partial charge in [0, 0.05) is 0 Å². The lowest BCUT2D eigenvalue weighted by molar-refractivity contribution is -0.348. The Kier molecular flexibility index (Phi) is 5.17. The number of hydrogen-bond acceptors (Lipinski definition) is 0. The molecule has 0 nitrogen and oxygen atoms in total. The molecule has 2 aromatic rings. The molecule has 0 heterocycles. The van der Waals surface area contributed by atoms with E-state index in [-0.39, 0.29) is 9.79 Å². The van der Waals surface area contributed by atoms with E-state index in [1.54, 1.807) is 12.1 Å². The van der Waals surface area contributed by atoms with Gasteiger partial charge in [0.15, 0.2) is 15.5 Å². The van der Waals surface area contributed by atoms with Crippen molar-refractivity contribution in [3.8, 4) is 0 Å². The highest BCUT2D eigenvalue weighted by molar-refractivity contribution is 7.97. The molecule has 2 aromatic carbocycles. The van der Waals surface area contributed by atoms with Crippen LogP contribution in [0, 0.1) is 0 Å². The molecule has 0 amide bonds. The van der Waals surface area contributed by atoms with E-state index in [9.17, 15) is 30.7 Å². The van der Waals surface area contributed by atoms with Crippen LogP contribution in [0.3, 0.4) is 0 Å². The van der Waals surface area contributed by atoms with Crippen molar-refractivity contribution in [3.63, 3.8) is 0 Å². The van der Waals surface area contributed by atoms with Gasteiger partial charge in [-0.25, -0.2) is 0 Å². The molecule has 0 saturated carbocycles. The van der Waals surface area contributed by atoms with Crippen LogP contribution in [0.5, 0.6) is 0 Å². The van der Waals surface area contributed by atoms with Gasteiger partial charge in [0.2, 0.25) is 0 Å². The number of alkyl halides is 7. The Morgan fingerprint density at radius 3 is 1.33 bits per heavy atom. The summed E-state index contributed by atoms with van der Waals surface area (Å²) in [5, 5.41) is 0. The maximum absolute atomic E-state index is 13.9. The number of halogens is 7. The summed E-state index contributed by atoms with van der Waals surface area (Å²) in [4.78, 5) is 0.530. The zero-order valence-corrected chi connectivity index (χ0v) is 12.9. The van der Waals surface area contributed by atoms with E-state index in [2.05, 4.69) is 0 Å². The first-order valence-corrected chi connectivity index (χ1v) is 8.09. The van der Waals surface area contributed by atoms with Crippen LogP contribution in [0.15, 0.2) is 70.5 Å². The van der Waals surface area contributed by atoms with E-state index in [1.807, 2.05) is 0 Å². The van der Waals surface area contributed by atoms with Crippen LogP contribution in [0.4, 0.5) is 30.7 Å². The Balaban J connectivity index is 2.43.